The molecule has 5 nitrogen and oxygen atoms in total. The second-order valence-electron chi connectivity index (χ2n) is 3.28. The van der Waals surface area contributed by atoms with Gasteiger partial charge in [0, 0.05) is 11.4 Å². The second-order valence-corrected chi connectivity index (χ2v) is 3.28. The molecule has 0 aliphatic rings. The zero-order chi connectivity index (χ0) is 12.3. The summed E-state index contributed by atoms with van der Waals surface area (Å²) in [6.45, 7) is 4.78. The van der Waals surface area contributed by atoms with Crippen molar-refractivity contribution in [1.82, 2.24) is 9.55 Å². The van der Waals surface area contributed by atoms with Crippen LogP contribution in [0.5, 0.6) is 0 Å². The van der Waals surface area contributed by atoms with E-state index in [-0.39, 0.29) is 6.61 Å². The van der Waals surface area contributed by atoms with E-state index in [1.54, 1.807) is 13.8 Å². The van der Waals surface area contributed by atoms with Crippen LogP contribution in [0.2, 0.25) is 0 Å². The van der Waals surface area contributed by atoms with E-state index in [1.807, 2.05) is 0 Å². The molecule has 16 heavy (non-hydrogen) atoms. The summed E-state index contributed by atoms with van der Waals surface area (Å²) in [5, 5.41) is 0. The van der Waals surface area contributed by atoms with Gasteiger partial charge in [-0.05, 0) is 26.8 Å². The predicted octanol–water partition coefficient (Wildman–Crippen LogP) is 0.891. The minimum atomic E-state index is -2.14. The zero-order valence-electron chi connectivity index (χ0n) is 9.36. The Morgan fingerprint density at radius 3 is 2.75 bits per heavy atom. The fraction of sp³-hybridized carbons (Fsp3) is 0.500. The van der Waals surface area contributed by atoms with E-state index in [2.05, 4.69) is 9.72 Å². The molecular formula is C10H13FN2O3. The standard InChI is InChI=1S/C10H13FN2O3/c1-4-16-9(14)8(11)13-7(3)5-6(2)12-10(13)15/h5,8H,4H2,1-3H3. The lowest BCUT2D eigenvalue weighted by Gasteiger charge is -2.13. The van der Waals surface area contributed by atoms with E-state index >= 15 is 0 Å². The topological polar surface area (TPSA) is 61.2 Å². The predicted molar refractivity (Wildman–Crippen MR) is 54.7 cm³/mol. The van der Waals surface area contributed by atoms with Crippen molar-refractivity contribution in [3.05, 3.63) is 27.9 Å². The lowest BCUT2D eigenvalue weighted by atomic mass is 10.3. The van der Waals surface area contributed by atoms with E-state index in [4.69, 9.17) is 0 Å². The van der Waals surface area contributed by atoms with Crippen LogP contribution in [0.1, 0.15) is 24.6 Å². The van der Waals surface area contributed by atoms with Gasteiger partial charge in [0.1, 0.15) is 0 Å². The first kappa shape index (κ1) is 12.4. The minimum Gasteiger partial charge on any atom is -0.462 e. The van der Waals surface area contributed by atoms with Crippen LogP contribution in [0.4, 0.5) is 4.39 Å². The van der Waals surface area contributed by atoms with Crippen LogP contribution in [-0.4, -0.2) is 22.1 Å². The molecule has 1 aromatic heterocycles. The maximum atomic E-state index is 13.6. The molecular weight excluding hydrogens is 215 g/mol. The van der Waals surface area contributed by atoms with Crippen molar-refractivity contribution in [3.8, 4) is 0 Å². The summed E-state index contributed by atoms with van der Waals surface area (Å²) in [7, 11) is 0. The Bertz CT molecular complexity index is 456. The van der Waals surface area contributed by atoms with Crippen molar-refractivity contribution < 1.29 is 13.9 Å². The van der Waals surface area contributed by atoms with E-state index < -0.39 is 18.0 Å². The van der Waals surface area contributed by atoms with Crippen LogP contribution < -0.4 is 5.69 Å². The second kappa shape index (κ2) is 4.87. The normalized spacial score (nSPS) is 12.2. The molecule has 1 rings (SSSR count). The number of esters is 1. The summed E-state index contributed by atoms with van der Waals surface area (Å²) in [5.74, 6) is -1.08. The van der Waals surface area contributed by atoms with E-state index in [0.29, 0.717) is 16.0 Å². The van der Waals surface area contributed by atoms with E-state index in [9.17, 15) is 14.0 Å². The van der Waals surface area contributed by atoms with Crippen LogP contribution in [-0.2, 0) is 9.53 Å². The number of halogens is 1. The number of hydrogen-bond donors (Lipinski definition) is 0. The van der Waals surface area contributed by atoms with Gasteiger partial charge in [0.25, 0.3) is 6.30 Å². The fourth-order valence-electron chi connectivity index (χ4n) is 1.35. The van der Waals surface area contributed by atoms with Crippen molar-refractivity contribution in [1.29, 1.82) is 0 Å². The molecule has 1 unspecified atom stereocenters. The Kier molecular flexibility index (Phi) is 3.76. The Labute approximate surface area is 91.9 Å². The molecule has 0 saturated heterocycles. The molecule has 0 spiro atoms. The van der Waals surface area contributed by atoms with Gasteiger partial charge in [-0.15, -0.1) is 0 Å². The van der Waals surface area contributed by atoms with Gasteiger partial charge in [-0.3, -0.25) is 4.57 Å². The summed E-state index contributed by atoms with van der Waals surface area (Å²) in [6, 6.07) is 1.52. The Morgan fingerprint density at radius 1 is 1.62 bits per heavy atom. The molecule has 88 valence electrons. The lowest BCUT2D eigenvalue weighted by molar-refractivity contribution is -0.153. The highest BCUT2D eigenvalue weighted by Crippen LogP contribution is 2.10. The number of hydrogen-bond acceptors (Lipinski definition) is 4. The maximum Gasteiger partial charge on any atom is 0.362 e. The van der Waals surface area contributed by atoms with Gasteiger partial charge in [0.15, 0.2) is 0 Å². The van der Waals surface area contributed by atoms with Crippen LogP contribution >= 0.6 is 0 Å². The quantitative estimate of drug-likeness (QED) is 0.721. The van der Waals surface area contributed by atoms with E-state index in [0.717, 1.165) is 0 Å². The number of carbonyl (C=O) groups is 1. The number of ether oxygens (including phenoxy) is 1. The summed E-state index contributed by atoms with van der Waals surface area (Å²) >= 11 is 0. The number of alkyl halides is 1. The van der Waals surface area contributed by atoms with Gasteiger partial charge in [0.05, 0.1) is 6.61 Å². The average molecular weight is 228 g/mol. The van der Waals surface area contributed by atoms with Gasteiger partial charge >= 0.3 is 11.7 Å². The molecule has 1 heterocycles. The zero-order valence-corrected chi connectivity index (χ0v) is 9.36. The summed E-state index contributed by atoms with van der Waals surface area (Å²) in [5.41, 5.74) is 0.0194. The Balaban J connectivity index is 3.14. The molecule has 0 amide bonds. The maximum absolute atomic E-state index is 13.6. The SMILES string of the molecule is CCOC(=O)C(F)n1c(C)cc(C)nc1=O. The highest BCUT2D eigenvalue weighted by atomic mass is 19.1. The van der Waals surface area contributed by atoms with E-state index in [1.165, 1.54) is 13.0 Å². The molecule has 0 fully saturated rings. The smallest absolute Gasteiger partial charge is 0.362 e. The molecule has 0 N–H and O–H groups in total. The fourth-order valence-corrected chi connectivity index (χ4v) is 1.35. The monoisotopic (exact) mass is 228 g/mol. The first-order valence-electron chi connectivity index (χ1n) is 4.85. The van der Waals surface area contributed by atoms with Gasteiger partial charge in [-0.25, -0.2) is 14.0 Å². The van der Waals surface area contributed by atoms with Crippen molar-refractivity contribution in [2.24, 2.45) is 0 Å². The number of aryl methyl sites for hydroxylation is 2. The highest BCUT2D eigenvalue weighted by Gasteiger charge is 2.23. The largest absolute Gasteiger partial charge is 0.462 e. The highest BCUT2D eigenvalue weighted by molar-refractivity contribution is 5.72. The molecule has 1 atom stereocenters. The molecule has 0 radical (unpaired) electrons. The molecule has 0 bridgehead atoms. The molecule has 0 aromatic carbocycles. The van der Waals surface area contributed by atoms with Crippen molar-refractivity contribution in [2.45, 2.75) is 27.1 Å². The summed E-state index contributed by atoms with van der Waals surface area (Å²) < 4.78 is 18.8. The van der Waals surface area contributed by atoms with Crippen LogP contribution in [0.15, 0.2) is 10.9 Å². The number of aromatic nitrogens is 2. The van der Waals surface area contributed by atoms with Crippen LogP contribution in [0.3, 0.4) is 0 Å². The van der Waals surface area contributed by atoms with Gasteiger partial charge in [-0.2, -0.15) is 4.98 Å². The molecule has 0 saturated carbocycles. The third kappa shape index (κ3) is 2.44. The molecule has 6 heteroatoms. The Morgan fingerprint density at radius 2 is 2.25 bits per heavy atom. The van der Waals surface area contributed by atoms with Gasteiger partial charge < -0.3 is 4.74 Å². The van der Waals surface area contributed by atoms with Crippen molar-refractivity contribution >= 4 is 5.97 Å². The summed E-state index contributed by atoms with van der Waals surface area (Å²) in [4.78, 5) is 26.1. The van der Waals surface area contributed by atoms with Gasteiger partial charge in [-0.1, -0.05) is 0 Å². The molecule has 0 aliphatic carbocycles. The third-order valence-corrected chi connectivity index (χ3v) is 1.98. The lowest BCUT2D eigenvalue weighted by Crippen LogP contribution is -2.32. The minimum absolute atomic E-state index is 0.0618. The summed E-state index contributed by atoms with van der Waals surface area (Å²) in [6.07, 6.45) is -2.14. The number of carbonyl (C=O) groups excluding carboxylic acids is 1. The third-order valence-electron chi connectivity index (χ3n) is 1.98. The first-order valence-corrected chi connectivity index (χ1v) is 4.85. The average Bonchev–Trinajstić information content (AvgIpc) is 2.16. The Hall–Kier alpha value is -1.72. The van der Waals surface area contributed by atoms with Gasteiger partial charge in [0.2, 0.25) is 0 Å². The first-order chi connectivity index (χ1) is 7.47. The van der Waals surface area contributed by atoms with Crippen molar-refractivity contribution in [2.75, 3.05) is 6.61 Å². The molecule has 0 aliphatic heterocycles. The van der Waals surface area contributed by atoms with Crippen molar-refractivity contribution in [3.63, 3.8) is 0 Å². The molecule has 1 aromatic rings. The number of nitrogens with zero attached hydrogens (tertiary/aromatic N) is 2. The number of rotatable bonds is 3. The van der Waals surface area contributed by atoms with Crippen LogP contribution in [0.25, 0.3) is 0 Å². The van der Waals surface area contributed by atoms with Crippen LogP contribution in [0, 0.1) is 13.8 Å².